The van der Waals surface area contributed by atoms with Crippen molar-refractivity contribution in [2.24, 2.45) is 5.92 Å². The van der Waals surface area contributed by atoms with Gasteiger partial charge in [-0.25, -0.2) is 0 Å². The van der Waals surface area contributed by atoms with Crippen LogP contribution in [0.25, 0.3) is 0 Å². The van der Waals surface area contributed by atoms with E-state index < -0.39 is 0 Å². The number of likely N-dealkylation sites (tertiary alicyclic amines) is 1. The molecule has 1 aliphatic rings. The summed E-state index contributed by atoms with van der Waals surface area (Å²) in [5.41, 5.74) is 0. The Morgan fingerprint density at radius 2 is 2.00 bits per heavy atom. The van der Waals surface area contributed by atoms with Crippen LogP contribution in [0.3, 0.4) is 0 Å². The van der Waals surface area contributed by atoms with Gasteiger partial charge in [0.05, 0.1) is 5.92 Å². The quantitative estimate of drug-likeness (QED) is 0.732. The van der Waals surface area contributed by atoms with Crippen molar-refractivity contribution < 1.29 is 4.79 Å². The zero-order chi connectivity index (χ0) is 12.3. The van der Waals surface area contributed by atoms with Gasteiger partial charge in [-0.15, -0.1) is 0 Å². The molecule has 3 heteroatoms. The molecule has 0 saturated carbocycles. The second-order valence-corrected chi connectivity index (χ2v) is 5.29. The van der Waals surface area contributed by atoms with Crippen molar-refractivity contribution in [1.82, 2.24) is 9.80 Å². The van der Waals surface area contributed by atoms with E-state index in [4.69, 9.17) is 0 Å². The molecule has 1 amide bonds. The molecule has 0 aromatic carbocycles. The van der Waals surface area contributed by atoms with Crippen molar-refractivity contribution in [1.29, 1.82) is 0 Å². The number of hydrogen-bond acceptors (Lipinski definition) is 2. The highest BCUT2D eigenvalue weighted by molar-refractivity contribution is 5.79. The maximum Gasteiger partial charge on any atom is 0.227 e. The first-order valence-corrected chi connectivity index (χ1v) is 6.51. The molecule has 1 fully saturated rings. The first-order chi connectivity index (χ1) is 7.47. The molecular formula is C13H26N2O. The average molecular weight is 226 g/mol. The number of carbonyl (C=O) groups is 1. The number of hydrogen-bond donors (Lipinski definition) is 0. The third-order valence-electron chi connectivity index (χ3n) is 3.55. The third-order valence-corrected chi connectivity index (χ3v) is 3.55. The fraction of sp³-hybridized carbons (Fsp3) is 0.923. The Bertz CT molecular complexity index is 238. The van der Waals surface area contributed by atoms with Crippen LogP contribution < -0.4 is 0 Å². The molecule has 16 heavy (non-hydrogen) atoms. The molecule has 3 nitrogen and oxygen atoms in total. The fourth-order valence-electron chi connectivity index (χ4n) is 2.47. The molecule has 0 aromatic rings. The molecule has 0 aromatic heterocycles. The molecule has 1 atom stereocenters. The predicted molar refractivity (Wildman–Crippen MR) is 67.3 cm³/mol. The van der Waals surface area contributed by atoms with Gasteiger partial charge in [0.25, 0.3) is 0 Å². The SMILES string of the molecule is CCN(C(=O)C1CCN(C(C)C)C1)C(C)C. The largest absolute Gasteiger partial charge is 0.340 e. The van der Waals surface area contributed by atoms with E-state index in [9.17, 15) is 4.79 Å². The maximum atomic E-state index is 12.3. The van der Waals surface area contributed by atoms with Crippen LogP contribution in [0.2, 0.25) is 0 Å². The molecule has 0 aliphatic carbocycles. The minimum atomic E-state index is 0.227. The maximum absolute atomic E-state index is 12.3. The van der Waals surface area contributed by atoms with Crippen molar-refractivity contribution >= 4 is 5.91 Å². The standard InChI is InChI=1S/C13H26N2O/c1-6-15(11(4)5)13(16)12-7-8-14(9-12)10(2)3/h10-12H,6-9H2,1-5H3. The highest BCUT2D eigenvalue weighted by atomic mass is 16.2. The van der Waals surface area contributed by atoms with E-state index in [1.54, 1.807) is 0 Å². The topological polar surface area (TPSA) is 23.6 Å². The third kappa shape index (κ3) is 2.97. The van der Waals surface area contributed by atoms with Crippen molar-refractivity contribution in [3.63, 3.8) is 0 Å². The lowest BCUT2D eigenvalue weighted by molar-refractivity contribution is -0.136. The van der Waals surface area contributed by atoms with Crippen LogP contribution in [0.4, 0.5) is 0 Å². The Balaban J connectivity index is 2.56. The summed E-state index contributed by atoms with van der Waals surface area (Å²) in [5, 5.41) is 0. The summed E-state index contributed by atoms with van der Waals surface area (Å²) < 4.78 is 0. The van der Waals surface area contributed by atoms with Gasteiger partial charge in [0.1, 0.15) is 0 Å². The first-order valence-electron chi connectivity index (χ1n) is 6.51. The Morgan fingerprint density at radius 3 is 2.38 bits per heavy atom. The van der Waals surface area contributed by atoms with Crippen LogP contribution in [0.1, 0.15) is 41.0 Å². The normalized spacial score (nSPS) is 22.1. The van der Waals surface area contributed by atoms with Crippen LogP contribution in [-0.2, 0) is 4.79 Å². The van der Waals surface area contributed by atoms with Crippen LogP contribution in [0.15, 0.2) is 0 Å². The van der Waals surface area contributed by atoms with Crippen LogP contribution in [0, 0.1) is 5.92 Å². The highest BCUT2D eigenvalue weighted by Gasteiger charge is 2.32. The van der Waals surface area contributed by atoms with Crippen molar-refractivity contribution in [3.8, 4) is 0 Å². The smallest absolute Gasteiger partial charge is 0.227 e. The van der Waals surface area contributed by atoms with Gasteiger partial charge in [-0.05, 0) is 47.6 Å². The lowest BCUT2D eigenvalue weighted by Crippen LogP contribution is -2.42. The zero-order valence-electron chi connectivity index (χ0n) is 11.4. The lowest BCUT2D eigenvalue weighted by atomic mass is 10.1. The predicted octanol–water partition coefficient (Wildman–Crippen LogP) is 1.97. The van der Waals surface area contributed by atoms with Crippen LogP contribution in [0.5, 0.6) is 0 Å². The van der Waals surface area contributed by atoms with E-state index in [1.807, 2.05) is 4.90 Å². The Hall–Kier alpha value is -0.570. The Kier molecular flexibility index (Phi) is 4.78. The van der Waals surface area contributed by atoms with Gasteiger partial charge in [-0.2, -0.15) is 0 Å². The molecule has 1 unspecified atom stereocenters. The number of carbonyl (C=O) groups excluding carboxylic acids is 1. The van der Waals surface area contributed by atoms with E-state index in [2.05, 4.69) is 39.5 Å². The second kappa shape index (κ2) is 5.67. The van der Waals surface area contributed by atoms with Gasteiger partial charge in [0, 0.05) is 25.2 Å². The summed E-state index contributed by atoms with van der Waals surface area (Å²) in [6.07, 6.45) is 1.03. The molecule has 1 heterocycles. The van der Waals surface area contributed by atoms with Gasteiger partial charge in [0.2, 0.25) is 5.91 Å². The van der Waals surface area contributed by atoms with Gasteiger partial charge < -0.3 is 9.80 Å². The van der Waals surface area contributed by atoms with E-state index in [1.165, 1.54) is 0 Å². The van der Waals surface area contributed by atoms with E-state index in [0.717, 1.165) is 26.1 Å². The zero-order valence-corrected chi connectivity index (χ0v) is 11.4. The summed E-state index contributed by atoms with van der Waals surface area (Å²) in [5.74, 6) is 0.574. The van der Waals surface area contributed by atoms with Gasteiger partial charge in [-0.3, -0.25) is 4.79 Å². The number of amides is 1. The monoisotopic (exact) mass is 226 g/mol. The van der Waals surface area contributed by atoms with E-state index in [-0.39, 0.29) is 5.92 Å². The van der Waals surface area contributed by atoms with Crippen molar-refractivity contribution in [2.45, 2.75) is 53.1 Å². The first kappa shape index (κ1) is 13.5. The molecule has 1 aliphatic heterocycles. The lowest BCUT2D eigenvalue weighted by Gasteiger charge is -2.28. The summed E-state index contributed by atoms with van der Waals surface area (Å²) in [4.78, 5) is 16.7. The summed E-state index contributed by atoms with van der Waals surface area (Å²) >= 11 is 0. The Labute approximate surface area is 99.8 Å². The van der Waals surface area contributed by atoms with Gasteiger partial charge >= 0.3 is 0 Å². The average Bonchev–Trinajstić information content (AvgIpc) is 2.66. The number of nitrogens with zero attached hydrogens (tertiary/aromatic N) is 2. The van der Waals surface area contributed by atoms with Gasteiger partial charge in [0.15, 0.2) is 0 Å². The summed E-state index contributed by atoms with van der Waals surface area (Å²) in [6, 6.07) is 0.887. The molecule has 1 rings (SSSR count). The second-order valence-electron chi connectivity index (χ2n) is 5.29. The van der Waals surface area contributed by atoms with Crippen LogP contribution >= 0.6 is 0 Å². The Morgan fingerprint density at radius 1 is 1.38 bits per heavy atom. The van der Waals surface area contributed by atoms with Gasteiger partial charge in [-0.1, -0.05) is 0 Å². The number of rotatable bonds is 4. The molecule has 0 spiro atoms. The van der Waals surface area contributed by atoms with E-state index in [0.29, 0.717) is 18.0 Å². The minimum Gasteiger partial charge on any atom is -0.340 e. The molecule has 1 saturated heterocycles. The summed E-state index contributed by atoms with van der Waals surface area (Å²) in [7, 11) is 0. The summed E-state index contributed by atoms with van der Waals surface area (Å²) in [6.45, 7) is 13.5. The highest BCUT2D eigenvalue weighted by Crippen LogP contribution is 2.21. The van der Waals surface area contributed by atoms with E-state index >= 15 is 0 Å². The fourth-order valence-corrected chi connectivity index (χ4v) is 2.47. The van der Waals surface area contributed by atoms with Crippen LogP contribution in [-0.4, -0.2) is 47.4 Å². The molecular weight excluding hydrogens is 200 g/mol. The molecule has 0 radical (unpaired) electrons. The minimum absolute atomic E-state index is 0.227. The molecule has 94 valence electrons. The van der Waals surface area contributed by atoms with Crippen molar-refractivity contribution in [3.05, 3.63) is 0 Å². The van der Waals surface area contributed by atoms with Crippen molar-refractivity contribution in [2.75, 3.05) is 19.6 Å². The molecule has 0 N–H and O–H groups in total. The molecule has 0 bridgehead atoms.